The lowest BCUT2D eigenvalue weighted by Gasteiger charge is -2.41. The monoisotopic (exact) mass is 355 g/mol. The molecule has 25 heavy (non-hydrogen) atoms. The highest BCUT2D eigenvalue weighted by molar-refractivity contribution is 5.84. The number of hydrogen-bond acceptors (Lipinski definition) is 6. The van der Waals surface area contributed by atoms with Crippen LogP contribution in [0.5, 0.6) is 0 Å². The molecule has 0 radical (unpaired) electrons. The van der Waals surface area contributed by atoms with Crippen LogP contribution in [0.4, 0.5) is 4.79 Å². The van der Waals surface area contributed by atoms with Crippen LogP contribution in [0.3, 0.4) is 0 Å². The van der Waals surface area contributed by atoms with Crippen LogP contribution in [0.1, 0.15) is 33.6 Å². The van der Waals surface area contributed by atoms with Gasteiger partial charge in [-0.3, -0.25) is 9.69 Å². The molecule has 1 N–H and O–H groups in total. The number of rotatable bonds is 2. The van der Waals surface area contributed by atoms with Gasteiger partial charge < -0.3 is 19.7 Å². The minimum absolute atomic E-state index is 0.0207. The van der Waals surface area contributed by atoms with Crippen LogP contribution in [0.15, 0.2) is 0 Å². The van der Waals surface area contributed by atoms with Gasteiger partial charge in [-0.1, -0.05) is 0 Å². The van der Waals surface area contributed by atoms with Crippen molar-refractivity contribution in [3.63, 3.8) is 0 Å². The standard InChI is InChI=1S/C17H29N3O5/c1-17(2,3)25-16(23)20-10-9-19(11-13(20)15(22)24-4)14(21)12-5-7-18-8-6-12/h12-13,18H,5-11H2,1-4H3/t13-/m0/s1. The van der Waals surface area contributed by atoms with Crippen LogP contribution < -0.4 is 5.32 Å². The van der Waals surface area contributed by atoms with Crippen molar-refractivity contribution in [3.05, 3.63) is 0 Å². The number of carbonyl (C=O) groups is 3. The molecule has 2 rings (SSSR count). The van der Waals surface area contributed by atoms with Crippen LogP contribution in [0.2, 0.25) is 0 Å². The summed E-state index contributed by atoms with van der Waals surface area (Å²) < 4.78 is 10.2. The van der Waals surface area contributed by atoms with E-state index in [1.54, 1.807) is 25.7 Å². The van der Waals surface area contributed by atoms with E-state index in [9.17, 15) is 14.4 Å². The van der Waals surface area contributed by atoms with E-state index in [2.05, 4.69) is 5.32 Å². The molecular formula is C17H29N3O5. The molecule has 0 bridgehead atoms. The minimum Gasteiger partial charge on any atom is -0.467 e. The van der Waals surface area contributed by atoms with E-state index < -0.39 is 23.7 Å². The largest absolute Gasteiger partial charge is 0.467 e. The van der Waals surface area contributed by atoms with E-state index in [0.29, 0.717) is 6.54 Å². The van der Waals surface area contributed by atoms with Crippen molar-refractivity contribution in [1.82, 2.24) is 15.1 Å². The van der Waals surface area contributed by atoms with Gasteiger partial charge in [-0.15, -0.1) is 0 Å². The Morgan fingerprint density at radius 1 is 1.08 bits per heavy atom. The van der Waals surface area contributed by atoms with Crippen molar-refractivity contribution >= 4 is 18.0 Å². The molecule has 2 heterocycles. The summed E-state index contributed by atoms with van der Waals surface area (Å²) in [5.41, 5.74) is -0.653. The molecule has 142 valence electrons. The molecule has 2 aliphatic rings. The molecule has 2 aliphatic heterocycles. The highest BCUT2D eigenvalue weighted by Crippen LogP contribution is 2.21. The molecule has 0 aromatic heterocycles. The number of nitrogens with zero attached hydrogens (tertiary/aromatic N) is 2. The minimum atomic E-state index is -0.834. The first-order valence-corrected chi connectivity index (χ1v) is 8.80. The SMILES string of the molecule is COC(=O)[C@@H]1CN(C(=O)C2CCNCC2)CCN1C(=O)OC(C)(C)C. The first-order valence-electron chi connectivity index (χ1n) is 8.80. The topological polar surface area (TPSA) is 88.2 Å². The normalized spacial score (nSPS) is 22.5. The van der Waals surface area contributed by atoms with Crippen molar-refractivity contribution in [2.45, 2.75) is 45.3 Å². The summed E-state index contributed by atoms with van der Waals surface area (Å²) in [5, 5.41) is 3.24. The molecule has 2 fully saturated rings. The maximum absolute atomic E-state index is 12.7. The number of amides is 2. The summed E-state index contributed by atoms with van der Waals surface area (Å²) in [6.45, 7) is 7.78. The summed E-state index contributed by atoms with van der Waals surface area (Å²) in [7, 11) is 1.28. The van der Waals surface area contributed by atoms with E-state index in [-0.39, 0.29) is 24.9 Å². The predicted molar refractivity (Wildman–Crippen MR) is 90.9 cm³/mol. The molecule has 8 nitrogen and oxygen atoms in total. The van der Waals surface area contributed by atoms with E-state index in [1.807, 2.05) is 0 Å². The van der Waals surface area contributed by atoms with Crippen LogP contribution >= 0.6 is 0 Å². The molecule has 0 unspecified atom stereocenters. The fourth-order valence-electron chi connectivity index (χ4n) is 3.19. The van der Waals surface area contributed by atoms with Gasteiger partial charge in [0.1, 0.15) is 5.60 Å². The number of piperazine rings is 1. The summed E-state index contributed by atoms with van der Waals surface area (Å²) in [4.78, 5) is 40.3. The highest BCUT2D eigenvalue weighted by atomic mass is 16.6. The Labute approximate surface area is 148 Å². The van der Waals surface area contributed by atoms with Gasteiger partial charge >= 0.3 is 12.1 Å². The lowest BCUT2D eigenvalue weighted by Crippen LogP contribution is -2.61. The van der Waals surface area contributed by atoms with E-state index in [4.69, 9.17) is 9.47 Å². The molecular weight excluding hydrogens is 326 g/mol. The van der Waals surface area contributed by atoms with Crippen LogP contribution in [0, 0.1) is 5.92 Å². The number of hydrogen-bond donors (Lipinski definition) is 1. The Bertz CT molecular complexity index is 511. The number of esters is 1. The van der Waals surface area contributed by atoms with Gasteiger partial charge in [-0.05, 0) is 46.7 Å². The second kappa shape index (κ2) is 8.03. The third kappa shape index (κ3) is 5.07. The molecule has 0 aliphatic carbocycles. The van der Waals surface area contributed by atoms with Crippen LogP contribution in [0.25, 0.3) is 0 Å². The molecule has 0 aromatic rings. The lowest BCUT2D eigenvalue weighted by molar-refractivity contribution is -0.152. The van der Waals surface area contributed by atoms with Gasteiger partial charge in [0, 0.05) is 19.0 Å². The molecule has 0 spiro atoms. The Morgan fingerprint density at radius 2 is 1.72 bits per heavy atom. The number of nitrogens with one attached hydrogen (secondary N) is 1. The first kappa shape index (κ1) is 19.5. The molecule has 8 heteroatoms. The highest BCUT2D eigenvalue weighted by Gasteiger charge is 2.40. The van der Waals surface area contributed by atoms with Gasteiger partial charge in [0.05, 0.1) is 13.7 Å². The van der Waals surface area contributed by atoms with Crippen LogP contribution in [-0.2, 0) is 19.1 Å². The predicted octanol–water partition coefficient (Wildman–Crippen LogP) is 0.607. The fraction of sp³-hybridized carbons (Fsp3) is 0.824. The van der Waals surface area contributed by atoms with Gasteiger partial charge in [0.15, 0.2) is 6.04 Å². The summed E-state index contributed by atoms with van der Waals surface area (Å²) in [6.07, 6.45) is 1.04. The van der Waals surface area contributed by atoms with Crippen molar-refractivity contribution in [1.29, 1.82) is 0 Å². The summed E-state index contributed by atoms with van der Waals surface area (Å²) in [5.74, 6) is -0.500. The van der Waals surface area contributed by atoms with E-state index in [0.717, 1.165) is 25.9 Å². The Kier molecular flexibility index (Phi) is 6.26. The van der Waals surface area contributed by atoms with Gasteiger partial charge in [-0.2, -0.15) is 0 Å². The zero-order valence-electron chi connectivity index (χ0n) is 15.5. The van der Waals surface area contributed by atoms with Crippen molar-refractivity contribution < 1.29 is 23.9 Å². The quantitative estimate of drug-likeness (QED) is 0.730. The van der Waals surface area contributed by atoms with E-state index in [1.165, 1.54) is 12.0 Å². The average molecular weight is 355 g/mol. The fourth-order valence-corrected chi connectivity index (χ4v) is 3.19. The molecule has 0 aromatic carbocycles. The lowest BCUT2D eigenvalue weighted by atomic mass is 9.96. The molecule has 0 saturated carbocycles. The zero-order chi connectivity index (χ0) is 18.6. The Hall–Kier alpha value is -1.83. The smallest absolute Gasteiger partial charge is 0.411 e. The van der Waals surface area contributed by atoms with E-state index >= 15 is 0 Å². The number of piperidine rings is 1. The van der Waals surface area contributed by atoms with Gasteiger partial charge in [0.25, 0.3) is 0 Å². The third-order valence-corrected chi connectivity index (χ3v) is 4.48. The number of ether oxygens (including phenoxy) is 2. The maximum Gasteiger partial charge on any atom is 0.411 e. The molecule has 1 atom stereocenters. The maximum atomic E-state index is 12.7. The zero-order valence-corrected chi connectivity index (χ0v) is 15.5. The first-order chi connectivity index (χ1) is 11.7. The van der Waals surface area contributed by atoms with Crippen molar-refractivity contribution in [2.24, 2.45) is 5.92 Å². The Balaban J connectivity index is 2.07. The molecule has 2 saturated heterocycles. The second-order valence-electron chi connectivity index (χ2n) is 7.52. The summed E-state index contributed by atoms with van der Waals surface area (Å²) >= 11 is 0. The van der Waals surface area contributed by atoms with Crippen molar-refractivity contribution in [3.8, 4) is 0 Å². The van der Waals surface area contributed by atoms with Gasteiger partial charge in [-0.25, -0.2) is 9.59 Å². The second-order valence-corrected chi connectivity index (χ2v) is 7.52. The van der Waals surface area contributed by atoms with Crippen molar-refractivity contribution in [2.75, 3.05) is 39.8 Å². The number of methoxy groups -OCH3 is 1. The molecule has 2 amide bonds. The Morgan fingerprint density at radius 3 is 2.28 bits per heavy atom. The number of carbonyl (C=O) groups excluding carboxylic acids is 3. The van der Waals surface area contributed by atoms with Gasteiger partial charge in [0.2, 0.25) is 5.91 Å². The third-order valence-electron chi connectivity index (χ3n) is 4.48. The summed E-state index contributed by atoms with van der Waals surface area (Å²) in [6, 6.07) is -0.834. The van der Waals surface area contributed by atoms with Crippen LogP contribution in [-0.4, -0.2) is 79.2 Å². The average Bonchev–Trinajstić information content (AvgIpc) is 2.59.